The van der Waals surface area contributed by atoms with Gasteiger partial charge in [0.25, 0.3) is 5.91 Å². The smallest absolute Gasteiger partial charge is 0.325 e. The highest BCUT2D eigenvalue weighted by Gasteiger charge is 2.15. The molecule has 0 saturated heterocycles. The van der Waals surface area contributed by atoms with Gasteiger partial charge < -0.3 is 9.64 Å². The first-order chi connectivity index (χ1) is 10.0. The zero-order chi connectivity index (χ0) is 15.7. The van der Waals surface area contributed by atoms with Crippen molar-refractivity contribution in [3.63, 3.8) is 0 Å². The Hall–Kier alpha value is -1.84. The minimum atomic E-state index is -0.352. The van der Waals surface area contributed by atoms with E-state index in [4.69, 9.17) is 4.74 Å². The number of hydrogen-bond acceptors (Lipinski definition) is 3. The molecule has 4 heteroatoms. The van der Waals surface area contributed by atoms with Crippen LogP contribution in [0.3, 0.4) is 0 Å². The van der Waals surface area contributed by atoms with E-state index in [1.807, 2.05) is 19.1 Å². The summed E-state index contributed by atoms with van der Waals surface area (Å²) in [6.07, 6.45) is 4.27. The second-order valence-electron chi connectivity index (χ2n) is 5.31. The third-order valence-corrected chi connectivity index (χ3v) is 3.27. The van der Waals surface area contributed by atoms with Gasteiger partial charge in [0, 0.05) is 12.6 Å². The van der Waals surface area contributed by atoms with Gasteiger partial charge >= 0.3 is 5.97 Å². The van der Waals surface area contributed by atoms with Crippen molar-refractivity contribution < 1.29 is 14.3 Å². The Kier molecular flexibility index (Phi) is 7.51. The van der Waals surface area contributed by atoms with E-state index >= 15 is 0 Å². The molecule has 0 saturated carbocycles. The Labute approximate surface area is 127 Å². The molecule has 0 aromatic heterocycles. The zero-order valence-corrected chi connectivity index (χ0v) is 13.2. The van der Waals surface area contributed by atoms with Gasteiger partial charge in [0.15, 0.2) is 0 Å². The van der Waals surface area contributed by atoms with Crippen LogP contribution in [0, 0.1) is 6.92 Å². The summed E-state index contributed by atoms with van der Waals surface area (Å²) in [5.74, 6) is -0.521. The van der Waals surface area contributed by atoms with Gasteiger partial charge in [-0.1, -0.05) is 43.9 Å². The summed E-state index contributed by atoms with van der Waals surface area (Å²) in [5, 5.41) is 0. The fourth-order valence-electron chi connectivity index (χ4n) is 1.94. The quantitative estimate of drug-likeness (QED) is 0.546. The van der Waals surface area contributed by atoms with Crippen molar-refractivity contribution in [2.75, 3.05) is 20.2 Å². The van der Waals surface area contributed by atoms with Crippen LogP contribution in [0.2, 0.25) is 0 Å². The topological polar surface area (TPSA) is 46.6 Å². The molecule has 0 unspecified atom stereocenters. The molecule has 0 atom stereocenters. The third-order valence-electron chi connectivity index (χ3n) is 3.27. The molecule has 1 rings (SSSR count). The van der Waals surface area contributed by atoms with Crippen LogP contribution in [-0.4, -0.2) is 37.0 Å². The molecule has 1 amide bonds. The van der Waals surface area contributed by atoms with Crippen molar-refractivity contribution in [2.45, 2.75) is 39.5 Å². The van der Waals surface area contributed by atoms with E-state index in [0.29, 0.717) is 12.2 Å². The maximum absolute atomic E-state index is 12.1. The number of hydrogen-bond donors (Lipinski definition) is 0. The fraction of sp³-hybridized carbons (Fsp3) is 0.529. The van der Waals surface area contributed by atoms with E-state index in [2.05, 4.69) is 6.92 Å². The lowest BCUT2D eigenvalue weighted by molar-refractivity contribution is -0.144. The number of nitrogens with zero attached hydrogens (tertiary/aromatic N) is 1. The minimum Gasteiger partial charge on any atom is -0.464 e. The molecule has 0 aliphatic carbocycles. The lowest BCUT2D eigenvalue weighted by atomic mass is 10.1. The number of esters is 1. The van der Waals surface area contributed by atoms with E-state index < -0.39 is 0 Å². The highest BCUT2D eigenvalue weighted by atomic mass is 16.5. The highest BCUT2D eigenvalue weighted by Crippen LogP contribution is 2.06. The SMILES string of the molecule is CCCCCCOC(=O)CN(C)C(=O)c1ccc(C)cc1. The number of carbonyl (C=O) groups is 2. The molecule has 116 valence electrons. The fourth-order valence-corrected chi connectivity index (χ4v) is 1.94. The Balaban J connectivity index is 2.34. The summed E-state index contributed by atoms with van der Waals surface area (Å²) < 4.78 is 5.13. The van der Waals surface area contributed by atoms with Gasteiger partial charge in [0.1, 0.15) is 6.54 Å². The number of benzene rings is 1. The van der Waals surface area contributed by atoms with Crippen molar-refractivity contribution in [2.24, 2.45) is 0 Å². The first-order valence-electron chi connectivity index (χ1n) is 7.52. The Morgan fingerprint density at radius 2 is 1.76 bits per heavy atom. The van der Waals surface area contributed by atoms with Crippen molar-refractivity contribution in [3.8, 4) is 0 Å². The number of amides is 1. The van der Waals surface area contributed by atoms with E-state index in [1.165, 1.54) is 4.90 Å². The predicted molar refractivity (Wildman–Crippen MR) is 83.2 cm³/mol. The molecule has 21 heavy (non-hydrogen) atoms. The van der Waals surface area contributed by atoms with Crippen molar-refractivity contribution in [1.82, 2.24) is 4.90 Å². The first kappa shape index (κ1) is 17.2. The summed E-state index contributed by atoms with van der Waals surface area (Å²) in [7, 11) is 1.61. The number of ether oxygens (including phenoxy) is 1. The normalized spacial score (nSPS) is 10.2. The van der Waals surface area contributed by atoms with Crippen LogP contribution in [0.4, 0.5) is 0 Å². The molecular formula is C17H25NO3. The summed E-state index contributed by atoms with van der Waals surface area (Å²) in [4.78, 5) is 25.2. The molecule has 0 aliphatic rings. The van der Waals surface area contributed by atoms with Gasteiger partial charge in [-0.3, -0.25) is 9.59 Å². The molecule has 0 fully saturated rings. The summed E-state index contributed by atoms with van der Waals surface area (Å²) in [6.45, 7) is 4.53. The van der Waals surface area contributed by atoms with Crippen molar-refractivity contribution >= 4 is 11.9 Å². The second-order valence-corrected chi connectivity index (χ2v) is 5.31. The molecule has 0 N–H and O–H groups in total. The number of rotatable bonds is 8. The van der Waals surface area contributed by atoms with Crippen LogP contribution in [-0.2, 0) is 9.53 Å². The van der Waals surface area contributed by atoms with E-state index in [0.717, 1.165) is 31.2 Å². The Morgan fingerprint density at radius 3 is 2.38 bits per heavy atom. The summed E-state index contributed by atoms with van der Waals surface area (Å²) in [6, 6.07) is 7.30. The molecule has 1 aromatic rings. The van der Waals surface area contributed by atoms with E-state index in [1.54, 1.807) is 19.2 Å². The van der Waals surface area contributed by atoms with Crippen LogP contribution < -0.4 is 0 Å². The maximum atomic E-state index is 12.1. The van der Waals surface area contributed by atoms with E-state index in [9.17, 15) is 9.59 Å². The van der Waals surface area contributed by atoms with Crippen LogP contribution in [0.25, 0.3) is 0 Å². The van der Waals surface area contributed by atoms with Crippen molar-refractivity contribution in [1.29, 1.82) is 0 Å². The average molecular weight is 291 g/mol. The minimum absolute atomic E-state index is 0.0134. The average Bonchev–Trinajstić information content (AvgIpc) is 2.47. The lowest BCUT2D eigenvalue weighted by Gasteiger charge is -2.16. The van der Waals surface area contributed by atoms with Crippen LogP contribution in [0.1, 0.15) is 48.5 Å². The summed E-state index contributed by atoms with van der Waals surface area (Å²) in [5.41, 5.74) is 1.68. The number of aryl methyl sites for hydroxylation is 1. The molecular weight excluding hydrogens is 266 g/mol. The van der Waals surface area contributed by atoms with Gasteiger partial charge in [-0.15, -0.1) is 0 Å². The van der Waals surface area contributed by atoms with Crippen LogP contribution in [0.5, 0.6) is 0 Å². The standard InChI is InChI=1S/C17H25NO3/c1-4-5-6-7-12-21-16(19)13-18(3)17(20)15-10-8-14(2)9-11-15/h8-11H,4-7,12-13H2,1-3H3. The molecule has 0 heterocycles. The Morgan fingerprint density at radius 1 is 1.10 bits per heavy atom. The van der Waals surface area contributed by atoms with E-state index in [-0.39, 0.29) is 18.4 Å². The molecule has 0 aliphatic heterocycles. The number of carbonyl (C=O) groups excluding carboxylic acids is 2. The molecule has 0 spiro atoms. The van der Waals surface area contributed by atoms with Crippen molar-refractivity contribution in [3.05, 3.63) is 35.4 Å². The van der Waals surface area contributed by atoms with Gasteiger partial charge in [0.05, 0.1) is 6.61 Å². The monoisotopic (exact) mass is 291 g/mol. The van der Waals surface area contributed by atoms with Crippen LogP contribution >= 0.6 is 0 Å². The molecule has 0 radical (unpaired) electrons. The van der Waals surface area contributed by atoms with Crippen LogP contribution in [0.15, 0.2) is 24.3 Å². The Bertz CT molecular complexity index is 454. The zero-order valence-electron chi connectivity index (χ0n) is 13.2. The number of likely N-dealkylation sites (N-methyl/N-ethyl adjacent to an activating group) is 1. The van der Waals surface area contributed by atoms with Gasteiger partial charge in [-0.05, 0) is 25.5 Å². The highest BCUT2D eigenvalue weighted by molar-refractivity contribution is 5.95. The lowest BCUT2D eigenvalue weighted by Crippen LogP contribution is -2.33. The predicted octanol–water partition coefficient (Wildman–Crippen LogP) is 3.19. The maximum Gasteiger partial charge on any atom is 0.325 e. The second kappa shape index (κ2) is 9.16. The first-order valence-corrected chi connectivity index (χ1v) is 7.52. The summed E-state index contributed by atoms with van der Waals surface area (Å²) >= 11 is 0. The molecule has 0 bridgehead atoms. The molecule has 1 aromatic carbocycles. The van der Waals surface area contributed by atoms with Gasteiger partial charge in [0.2, 0.25) is 0 Å². The largest absolute Gasteiger partial charge is 0.464 e. The van der Waals surface area contributed by atoms with Gasteiger partial charge in [-0.25, -0.2) is 0 Å². The molecule has 4 nitrogen and oxygen atoms in total. The van der Waals surface area contributed by atoms with Gasteiger partial charge in [-0.2, -0.15) is 0 Å². The third kappa shape index (κ3) is 6.43. The number of unbranched alkanes of at least 4 members (excludes halogenated alkanes) is 3.